The van der Waals surface area contributed by atoms with Crippen molar-refractivity contribution in [3.8, 4) is 44.8 Å². The third kappa shape index (κ3) is 5.41. The highest BCUT2D eigenvalue weighted by Gasteiger charge is 2.24. The van der Waals surface area contributed by atoms with E-state index >= 15 is 0 Å². The first kappa shape index (κ1) is 33.7. The van der Waals surface area contributed by atoms with Crippen molar-refractivity contribution in [3.63, 3.8) is 0 Å². The molecule has 2 aromatic heterocycles. The van der Waals surface area contributed by atoms with E-state index in [1.54, 1.807) is 0 Å². The van der Waals surface area contributed by atoms with Crippen LogP contribution in [0.5, 0.6) is 0 Å². The monoisotopic (exact) mass is 750 g/mol. The van der Waals surface area contributed by atoms with Gasteiger partial charge in [0.15, 0.2) is 0 Å². The number of rotatable bonds is 4. The summed E-state index contributed by atoms with van der Waals surface area (Å²) in [5.74, 6) is 0.365. The fourth-order valence-electron chi connectivity index (χ4n) is 9.80. The molecule has 12 rings (SSSR count). The lowest BCUT2D eigenvalue weighted by Crippen LogP contribution is -2.05. The zero-order valence-electron chi connectivity index (χ0n) is 32.7. The van der Waals surface area contributed by atoms with Gasteiger partial charge in [0, 0.05) is 27.3 Å². The van der Waals surface area contributed by atoms with Gasteiger partial charge in [-0.25, -0.2) is 9.97 Å². The largest absolute Gasteiger partial charge is 0.248 e. The maximum atomic E-state index is 5.72. The Morgan fingerprint density at radius 3 is 1.80 bits per heavy atom. The molecule has 1 atom stereocenters. The van der Waals surface area contributed by atoms with E-state index in [9.17, 15) is 0 Å². The average Bonchev–Trinajstić information content (AvgIpc) is 3.30. The average molecular weight is 751 g/mol. The number of allylic oxidation sites excluding steroid dienone is 1. The minimum atomic E-state index is 0.365. The molecule has 1 aliphatic rings. The summed E-state index contributed by atoms with van der Waals surface area (Å²) in [5, 5.41) is 12.2. The summed E-state index contributed by atoms with van der Waals surface area (Å²) in [6.45, 7) is 2.36. The van der Waals surface area contributed by atoms with E-state index in [1.807, 2.05) is 0 Å². The topological polar surface area (TPSA) is 25.8 Å². The molecular weight excluding hydrogens is 713 g/mol. The maximum absolute atomic E-state index is 5.72. The summed E-state index contributed by atoms with van der Waals surface area (Å²) in [6.07, 6.45) is 5.67. The Labute approximate surface area is 342 Å². The van der Waals surface area contributed by atoms with E-state index in [0.29, 0.717) is 5.92 Å². The number of pyridine rings is 2. The quantitative estimate of drug-likeness (QED) is 0.167. The van der Waals surface area contributed by atoms with Gasteiger partial charge in [-0.1, -0.05) is 165 Å². The van der Waals surface area contributed by atoms with Gasteiger partial charge in [-0.05, 0) is 120 Å². The van der Waals surface area contributed by atoms with Gasteiger partial charge in [-0.2, -0.15) is 0 Å². The van der Waals surface area contributed by atoms with Gasteiger partial charge in [0.2, 0.25) is 0 Å². The second-order valence-electron chi connectivity index (χ2n) is 16.1. The first-order valence-corrected chi connectivity index (χ1v) is 20.6. The molecule has 1 unspecified atom stereocenters. The Kier molecular flexibility index (Phi) is 7.61. The fourth-order valence-corrected chi connectivity index (χ4v) is 9.80. The molecule has 9 aromatic carbocycles. The first-order valence-electron chi connectivity index (χ1n) is 20.6. The van der Waals surface area contributed by atoms with Gasteiger partial charge in [-0.3, -0.25) is 0 Å². The Morgan fingerprint density at radius 1 is 0.407 bits per heavy atom. The lowest BCUT2D eigenvalue weighted by molar-refractivity contribution is 0.775. The zero-order valence-corrected chi connectivity index (χ0v) is 32.7. The van der Waals surface area contributed by atoms with E-state index < -0.39 is 0 Å². The number of fused-ring (bicyclic) bond motifs is 10. The maximum Gasteiger partial charge on any atom is 0.0794 e. The van der Waals surface area contributed by atoms with Crippen LogP contribution in [0.25, 0.3) is 116 Å². The van der Waals surface area contributed by atoms with Crippen LogP contribution in [0.1, 0.15) is 30.4 Å². The zero-order chi connectivity index (χ0) is 39.0. The van der Waals surface area contributed by atoms with Crippen molar-refractivity contribution in [2.45, 2.75) is 19.3 Å². The summed E-state index contributed by atoms with van der Waals surface area (Å²) in [7, 11) is 0. The Morgan fingerprint density at radius 2 is 1.00 bits per heavy atom. The van der Waals surface area contributed by atoms with Crippen LogP contribution in [0, 0.1) is 0 Å². The highest BCUT2D eigenvalue weighted by molar-refractivity contribution is 6.21. The van der Waals surface area contributed by atoms with Crippen molar-refractivity contribution in [1.29, 1.82) is 0 Å². The number of benzene rings is 9. The van der Waals surface area contributed by atoms with E-state index in [2.05, 4.69) is 201 Å². The molecule has 0 saturated heterocycles. The van der Waals surface area contributed by atoms with Crippen LogP contribution < -0.4 is 0 Å². The summed E-state index contributed by atoms with van der Waals surface area (Å²) in [5.41, 5.74) is 13.8. The van der Waals surface area contributed by atoms with Crippen molar-refractivity contribution in [1.82, 2.24) is 9.97 Å². The lowest BCUT2D eigenvalue weighted by Gasteiger charge is -2.24. The summed E-state index contributed by atoms with van der Waals surface area (Å²) < 4.78 is 0. The summed E-state index contributed by atoms with van der Waals surface area (Å²) in [6, 6.07) is 66.4. The van der Waals surface area contributed by atoms with Crippen LogP contribution in [0.15, 0.2) is 188 Å². The molecule has 0 N–H and O–H groups in total. The van der Waals surface area contributed by atoms with Crippen LogP contribution in [0.2, 0.25) is 0 Å². The van der Waals surface area contributed by atoms with Crippen molar-refractivity contribution >= 4 is 71.0 Å². The molecule has 0 saturated carbocycles. The minimum Gasteiger partial charge on any atom is -0.248 e. The number of aromatic nitrogens is 2. The molecule has 2 heteroatoms. The molecule has 276 valence electrons. The molecule has 1 aliphatic carbocycles. The van der Waals surface area contributed by atoms with E-state index in [4.69, 9.17) is 9.97 Å². The first-order chi connectivity index (χ1) is 29.2. The van der Waals surface area contributed by atoms with Crippen molar-refractivity contribution in [2.75, 3.05) is 0 Å². The van der Waals surface area contributed by atoms with Crippen molar-refractivity contribution < 1.29 is 0 Å². The lowest BCUT2D eigenvalue weighted by atomic mass is 9.80. The molecule has 11 aromatic rings. The standard InChI is InChI=1S/C57H38N2/c1-35-13-12-23-46-42-18-6-3-16-40(42)32-52(56(35)46)55-34-48(36-25-27-38(28-26-36)54-30-29-37-14-4-11-24-53(37)58-54)51-33-50(45-21-9-10-22-47(45)57(51)59-55)49-31-39-15-2-5-17-41(39)43-19-7-8-20-44(43)49/h2-12,14-35H,13H2,1H3. The SMILES string of the molecule is CC1CC=Cc2c1c(-c1cc(-c3ccc(-c4ccc5ccccc5n4)cc3)c3cc(-c4cc5ccccc5c5ccccc45)c4ccccc4c3n1)cc1ccccc21. The molecule has 59 heavy (non-hydrogen) atoms. The van der Waals surface area contributed by atoms with Gasteiger partial charge in [0.05, 0.1) is 22.4 Å². The molecule has 2 nitrogen and oxygen atoms in total. The second-order valence-corrected chi connectivity index (χ2v) is 16.1. The van der Waals surface area contributed by atoms with Crippen LogP contribution in [-0.4, -0.2) is 9.97 Å². The normalized spacial score (nSPS) is 13.9. The Bertz CT molecular complexity index is 3540. The smallest absolute Gasteiger partial charge is 0.0794 e. The van der Waals surface area contributed by atoms with E-state index in [-0.39, 0.29) is 0 Å². The van der Waals surface area contributed by atoms with E-state index in [1.165, 1.54) is 71.1 Å². The molecule has 0 aliphatic heterocycles. The molecule has 0 amide bonds. The fraction of sp³-hybridized carbons (Fsp3) is 0.0526. The summed E-state index contributed by atoms with van der Waals surface area (Å²) >= 11 is 0. The minimum absolute atomic E-state index is 0.365. The van der Waals surface area contributed by atoms with Crippen molar-refractivity contribution in [3.05, 3.63) is 199 Å². The highest BCUT2D eigenvalue weighted by Crippen LogP contribution is 2.46. The number of hydrogen-bond donors (Lipinski definition) is 0. The number of para-hydroxylation sites is 1. The summed E-state index contributed by atoms with van der Waals surface area (Å²) in [4.78, 5) is 10.8. The Balaban J connectivity index is 1.16. The van der Waals surface area contributed by atoms with Gasteiger partial charge in [-0.15, -0.1) is 0 Å². The number of hydrogen-bond acceptors (Lipinski definition) is 2. The molecule has 0 spiro atoms. The van der Waals surface area contributed by atoms with E-state index in [0.717, 1.165) is 56.1 Å². The Hall–Kier alpha value is -7.42. The van der Waals surface area contributed by atoms with Crippen LogP contribution in [0.4, 0.5) is 0 Å². The molecule has 2 heterocycles. The van der Waals surface area contributed by atoms with Gasteiger partial charge >= 0.3 is 0 Å². The molecule has 0 radical (unpaired) electrons. The third-order valence-corrected chi connectivity index (χ3v) is 12.6. The molecule has 0 bridgehead atoms. The predicted molar refractivity (Wildman–Crippen MR) is 251 cm³/mol. The third-order valence-electron chi connectivity index (χ3n) is 12.6. The molecular formula is C57H38N2. The van der Waals surface area contributed by atoms with Crippen LogP contribution >= 0.6 is 0 Å². The van der Waals surface area contributed by atoms with Gasteiger partial charge < -0.3 is 0 Å². The second kappa shape index (κ2) is 13.3. The van der Waals surface area contributed by atoms with Crippen molar-refractivity contribution in [2.24, 2.45) is 0 Å². The molecule has 0 fully saturated rings. The van der Waals surface area contributed by atoms with Gasteiger partial charge in [0.25, 0.3) is 0 Å². The predicted octanol–water partition coefficient (Wildman–Crippen LogP) is 15.6. The highest BCUT2D eigenvalue weighted by atomic mass is 14.7. The van der Waals surface area contributed by atoms with Crippen LogP contribution in [0.3, 0.4) is 0 Å². The number of nitrogens with zero attached hydrogens (tertiary/aromatic N) is 2. The van der Waals surface area contributed by atoms with Crippen LogP contribution in [-0.2, 0) is 0 Å². The van der Waals surface area contributed by atoms with Gasteiger partial charge in [0.1, 0.15) is 0 Å².